The molecule has 1 atom stereocenters. The van der Waals surface area contributed by atoms with Crippen LogP contribution in [-0.2, 0) is 6.54 Å². The summed E-state index contributed by atoms with van der Waals surface area (Å²) in [7, 11) is 0. The Morgan fingerprint density at radius 3 is 2.50 bits per heavy atom. The van der Waals surface area contributed by atoms with Crippen LogP contribution in [0.5, 0.6) is 11.6 Å². The van der Waals surface area contributed by atoms with Crippen LogP contribution in [0.2, 0.25) is 0 Å². The fraction of sp³-hybridized carbons (Fsp3) is 0.278. The number of para-hydroxylation sites is 3. The van der Waals surface area contributed by atoms with Crippen molar-refractivity contribution in [2.45, 2.75) is 58.9 Å². The van der Waals surface area contributed by atoms with Gasteiger partial charge in [-0.2, -0.15) is 0 Å². The number of aromatic hydroxyl groups is 1. The van der Waals surface area contributed by atoms with Gasteiger partial charge < -0.3 is 18.8 Å². The number of aromatic nitrogens is 2. The number of benzene rings is 3. The molecule has 6 aromatic rings. The molecule has 3 heterocycles. The molecule has 0 amide bonds. The van der Waals surface area contributed by atoms with Crippen molar-refractivity contribution in [2.75, 3.05) is 6.61 Å². The lowest BCUT2D eigenvalue weighted by Crippen LogP contribution is -2.17. The number of hydrogen-bond donors (Lipinski definition) is 1. The minimum absolute atomic E-state index is 0.0823. The van der Waals surface area contributed by atoms with E-state index < -0.39 is 11.5 Å². The molecule has 0 fully saturated rings. The summed E-state index contributed by atoms with van der Waals surface area (Å²) in [5, 5.41) is 14.2. The van der Waals surface area contributed by atoms with E-state index in [4.69, 9.17) is 14.1 Å². The third-order valence-electron chi connectivity index (χ3n) is 8.08. The molecule has 1 unspecified atom stereocenters. The maximum atomic E-state index is 13.9. The number of hydrogen-bond acceptors (Lipinski definition) is 5. The molecule has 0 aliphatic carbocycles. The molecule has 1 N–H and O–H groups in total. The second kappa shape index (κ2) is 11.7. The fourth-order valence-electron chi connectivity index (χ4n) is 5.88. The minimum atomic E-state index is -0.687. The Kier molecular flexibility index (Phi) is 7.70. The predicted molar refractivity (Wildman–Crippen MR) is 169 cm³/mol. The Hall–Kier alpha value is -4.58. The van der Waals surface area contributed by atoms with Gasteiger partial charge in [-0.25, -0.2) is 9.78 Å². The first-order chi connectivity index (χ1) is 20.5. The Labute approximate surface area is 245 Å². The van der Waals surface area contributed by atoms with Gasteiger partial charge in [0.05, 0.1) is 29.0 Å². The number of pyridine rings is 1. The first-order valence-electron chi connectivity index (χ1n) is 14.9. The van der Waals surface area contributed by atoms with E-state index in [1.165, 1.54) is 0 Å². The van der Waals surface area contributed by atoms with Gasteiger partial charge >= 0.3 is 5.63 Å². The van der Waals surface area contributed by atoms with Crippen LogP contribution in [0.15, 0.2) is 88.2 Å². The van der Waals surface area contributed by atoms with Gasteiger partial charge in [0.2, 0.25) is 5.88 Å². The number of ether oxygens (including phenoxy) is 1. The summed E-state index contributed by atoms with van der Waals surface area (Å²) in [5.74, 6) is -0.304. The number of unbranched alkanes of at least 4 members (excludes halogenated alkanes) is 2. The van der Waals surface area contributed by atoms with Gasteiger partial charge in [-0.3, -0.25) is 0 Å². The van der Waals surface area contributed by atoms with Crippen molar-refractivity contribution < 1.29 is 14.3 Å². The van der Waals surface area contributed by atoms with Crippen LogP contribution in [0.1, 0.15) is 67.7 Å². The van der Waals surface area contributed by atoms with Gasteiger partial charge in [-0.1, -0.05) is 75.2 Å². The summed E-state index contributed by atoms with van der Waals surface area (Å²) in [6, 6.07) is 23.5. The zero-order valence-electron chi connectivity index (χ0n) is 24.4. The standard InChI is InChI=1S/C36H36N2O4/c1-4-6-19-38-22-28(25-15-8-10-17-29(25)38)31(32-34(39)26-16-9-11-18-30(26)42-36(32)40)27-21-24-14-12-13-23(3)33(24)37-35(27)41-20-7-5-2/h8-18,21-22,31,39H,4-7,19-20H2,1-3H3. The minimum Gasteiger partial charge on any atom is -0.507 e. The Morgan fingerprint density at radius 1 is 0.929 bits per heavy atom. The zero-order chi connectivity index (χ0) is 29.2. The van der Waals surface area contributed by atoms with Gasteiger partial charge in [0, 0.05) is 34.6 Å². The Bertz CT molecular complexity index is 1950. The van der Waals surface area contributed by atoms with Crippen LogP contribution in [0.25, 0.3) is 32.8 Å². The molecule has 0 saturated heterocycles. The van der Waals surface area contributed by atoms with Crippen LogP contribution in [0.3, 0.4) is 0 Å². The van der Waals surface area contributed by atoms with E-state index in [-0.39, 0.29) is 11.3 Å². The number of rotatable bonds is 10. The zero-order valence-corrected chi connectivity index (χ0v) is 24.4. The maximum Gasteiger partial charge on any atom is 0.344 e. The molecule has 214 valence electrons. The fourth-order valence-corrected chi connectivity index (χ4v) is 5.88. The summed E-state index contributed by atoms with van der Waals surface area (Å²) >= 11 is 0. The molecule has 3 aromatic heterocycles. The van der Waals surface area contributed by atoms with Gasteiger partial charge in [-0.15, -0.1) is 0 Å². The van der Waals surface area contributed by atoms with Crippen molar-refractivity contribution in [3.05, 3.63) is 112 Å². The van der Waals surface area contributed by atoms with E-state index in [9.17, 15) is 9.90 Å². The molecule has 6 rings (SSSR count). The van der Waals surface area contributed by atoms with Crippen LogP contribution >= 0.6 is 0 Å². The molecule has 0 aliphatic heterocycles. The summed E-state index contributed by atoms with van der Waals surface area (Å²) in [4.78, 5) is 18.9. The van der Waals surface area contributed by atoms with E-state index >= 15 is 0 Å². The first kappa shape index (κ1) is 27.6. The lowest BCUT2D eigenvalue weighted by molar-refractivity contribution is 0.295. The highest BCUT2D eigenvalue weighted by Crippen LogP contribution is 2.44. The van der Waals surface area contributed by atoms with Gasteiger partial charge in [0.1, 0.15) is 11.3 Å². The molecule has 0 saturated carbocycles. The largest absolute Gasteiger partial charge is 0.507 e. The van der Waals surface area contributed by atoms with E-state index in [1.807, 2.05) is 43.3 Å². The van der Waals surface area contributed by atoms with E-state index in [2.05, 4.69) is 42.8 Å². The summed E-state index contributed by atoms with van der Waals surface area (Å²) in [5.41, 5.74) is 4.54. The predicted octanol–water partition coefficient (Wildman–Crippen LogP) is 8.47. The normalized spacial score (nSPS) is 12.4. The second-order valence-electron chi connectivity index (χ2n) is 11.0. The smallest absolute Gasteiger partial charge is 0.344 e. The average Bonchev–Trinajstić information content (AvgIpc) is 3.36. The summed E-state index contributed by atoms with van der Waals surface area (Å²) in [6.45, 7) is 7.67. The molecule has 0 spiro atoms. The van der Waals surface area contributed by atoms with Crippen LogP contribution in [-0.4, -0.2) is 21.3 Å². The van der Waals surface area contributed by atoms with Crippen LogP contribution in [0, 0.1) is 6.92 Å². The topological polar surface area (TPSA) is 77.5 Å². The van der Waals surface area contributed by atoms with Crippen molar-refractivity contribution in [3.8, 4) is 11.6 Å². The first-order valence-corrected chi connectivity index (χ1v) is 14.9. The molecule has 6 nitrogen and oxygen atoms in total. The van der Waals surface area contributed by atoms with Gasteiger partial charge in [0.15, 0.2) is 0 Å². The molecule has 42 heavy (non-hydrogen) atoms. The third-order valence-corrected chi connectivity index (χ3v) is 8.08. The van der Waals surface area contributed by atoms with Gasteiger partial charge in [-0.05, 0) is 55.2 Å². The lowest BCUT2D eigenvalue weighted by Gasteiger charge is -2.22. The Balaban J connectivity index is 1.71. The quantitative estimate of drug-likeness (QED) is 0.134. The van der Waals surface area contributed by atoms with Crippen molar-refractivity contribution in [3.63, 3.8) is 0 Å². The van der Waals surface area contributed by atoms with Crippen molar-refractivity contribution in [1.82, 2.24) is 9.55 Å². The summed E-state index contributed by atoms with van der Waals surface area (Å²) < 4.78 is 14.5. The molecular formula is C36H36N2O4. The SMILES string of the molecule is CCCCOc1nc2c(C)cccc2cc1C(c1c(O)c2ccccc2oc1=O)c1cn(CCCC)c2ccccc12. The van der Waals surface area contributed by atoms with Crippen molar-refractivity contribution in [1.29, 1.82) is 0 Å². The highest BCUT2D eigenvalue weighted by molar-refractivity contribution is 5.89. The molecular weight excluding hydrogens is 524 g/mol. The third kappa shape index (κ3) is 4.91. The van der Waals surface area contributed by atoms with Crippen molar-refractivity contribution in [2.24, 2.45) is 0 Å². The Morgan fingerprint density at radius 2 is 1.69 bits per heavy atom. The molecule has 0 radical (unpaired) electrons. The van der Waals surface area contributed by atoms with E-state index in [0.717, 1.165) is 70.7 Å². The maximum absolute atomic E-state index is 13.9. The highest BCUT2D eigenvalue weighted by Gasteiger charge is 2.32. The van der Waals surface area contributed by atoms with E-state index in [1.54, 1.807) is 18.2 Å². The van der Waals surface area contributed by atoms with Gasteiger partial charge in [0.25, 0.3) is 0 Å². The van der Waals surface area contributed by atoms with Crippen LogP contribution in [0.4, 0.5) is 0 Å². The average molecular weight is 561 g/mol. The monoisotopic (exact) mass is 560 g/mol. The number of fused-ring (bicyclic) bond motifs is 3. The molecule has 0 aliphatic rings. The number of aryl methyl sites for hydroxylation is 2. The highest BCUT2D eigenvalue weighted by atomic mass is 16.5. The summed E-state index contributed by atoms with van der Waals surface area (Å²) in [6.07, 6.45) is 6.05. The molecule has 3 aromatic carbocycles. The second-order valence-corrected chi connectivity index (χ2v) is 11.0. The van der Waals surface area contributed by atoms with Crippen LogP contribution < -0.4 is 10.4 Å². The molecule has 6 heteroatoms. The van der Waals surface area contributed by atoms with Crippen molar-refractivity contribution >= 4 is 32.8 Å². The van der Waals surface area contributed by atoms with E-state index in [0.29, 0.717) is 23.5 Å². The number of nitrogens with zero attached hydrogens (tertiary/aromatic N) is 2. The molecule has 0 bridgehead atoms. The lowest BCUT2D eigenvalue weighted by atomic mass is 9.84.